The summed E-state index contributed by atoms with van der Waals surface area (Å²) in [5, 5.41) is 13.1. The molecule has 2 aromatic rings. The molecule has 1 N–H and O–H groups in total. The second kappa shape index (κ2) is 5.23. The van der Waals surface area contributed by atoms with Gasteiger partial charge in [-0.15, -0.1) is 11.8 Å². The number of hydrogen-bond acceptors (Lipinski definition) is 5. The lowest BCUT2D eigenvalue weighted by Gasteiger charge is -1.98. The minimum absolute atomic E-state index is 0.259. The molecule has 2 rings (SSSR count). The molecule has 0 saturated carbocycles. The van der Waals surface area contributed by atoms with E-state index in [2.05, 4.69) is 10.1 Å². The van der Waals surface area contributed by atoms with Crippen molar-refractivity contribution < 1.29 is 9.63 Å². The summed E-state index contributed by atoms with van der Waals surface area (Å²) >= 11 is 1.61. The summed E-state index contributed by atoms with van der Waals surface area (Å²) in [5.41, 5.74) is 0. The molecule has 1 aromatic carbocycles. The minimum atomic E-state index is 0.259. The van der Waals surface area contributed by atoms with Crippen molar-refractivity contribution >= 4 is 11.8 Å². The molecule has 0 unspecified atom stereocenters. The van der Waals surface area contributed by atoms with Gasteiger partial charge in [0.1, 0.15) is 5.75 Å². The Morgan fingerprint density at radius 3 is 2.59 bits per heavy atom. The predicted molar refractivity (Wildman–Crippen MR) is 66.1 cm³/mol. The molecule has 0 aliphatic carbocycles. The summed E-state index contributed by atoms with van der Waals surface area (Å²) < 4.78 is 5.12. The van der Waals surface area contributed by atoms with Crippen LogP contribution in [-0.4, -0.2) is 15.2 Å². The number of nitrogens with zero attached hydrogens (tertiary/aromatic N) is 2. The topological polar surface area (TPSA) is 59.2 Å². The van der Waals surface area contributed by atoms with Crippen molar-refractivity contribution in [1.29, 1.82) is 0 Å². The first kappa shape index (κ1) is 12.0. The number of phenols is 1. The molecule has 0 radical (unpaired) electrons. The highest BCUT2D eigenvalue weighted by Gasteiger charge is 2.09. The van der Waals surface area contributed by atoms with E-state index in [4.69, 9.17) is 9.63 Å². The van der Waals surface area contributed by atoms with Gasteiger partial charge < -0.3 is 9.63 Å². The molecule has 0 amide bonds. The molecule has 5 heteroatoms. The quantitative estimate of drug-likeness (QED) is 0.844. The summed E-state index contributed by atoms with van der Waals surface area (Å²) in [7, 11) is 0. The number of benzene rings is 1. The SMILES string of the molecule is CC(C)c1nc(CSc2ccc(O)cc2)no1. The maximum atomic E-state index is 9.16. The van der Waals surface area contributed by atoms with Crippen molar-refractivity contribution in [2.75, 3.05) is 0 Å². The van der Waals surface area contributed by atoms with E-state index in [9.17, 15) is 0 Å². The van der Waals surface area contributed by atoms with Gasteiger partial charge in [-0.05, 0) is 24.3 Å². The summed E-state index contributed by atoms with van der Waals surface area (Å²) in [5.74, 6) is 2.57. The van der Waals surface area contributed by atoms with Crippen LogP contribution in [0.4, 0.5) is 0 Å². The minimum Gasteiger partial charge on any atom is -0.508 e. The molecule has 0 spiro atoms. The van der Waals surface area contributed by atoms with Crippen LogP contribution in [-0.2, 0) is 5.75 Å². The molecule has 0 atom stereocenters. The number of aromatic nitrogens is 2. The zero-order valence-electron chi connectivity index (χ0n) is 9.75. The molecule has 4 nitrogen and oxygen atoms in total. The van der Waals surface area contributed by atoms with Crippen LogP contribution in [0.2, 0.25) is 0 Å². The van der Waals surface area contributed by atoms with Gasteiger partial charge in [-0.3, -0.25) is 0 Å². The monoisotopic (exact) mass is 250 g/mol. The largest absolute Gasteiger partial charge is 0.508 e. The van der Waals surface area contributed by atoms with Gasteiger partial charge in [0, 0.05) is 10.8 Å². The molecule has 90 valence electrons. The van der Waals surface area contributed by atoms with Crippen molar-refractivity contribution in [1.82, 2.24) is 10.1 Å². The Morgan fingerprint density at radius 2 is 2.00 bits per heavy atom. The van der Waals surface area contributed by atoms with Crippen LogP contribution >= 0.6 is 11.8 Å². The predicted octanol–water partition coefficient (Wildman–Crippen LogP) is 3.19. The number of hydrogen-bond donors (Lipinski definition) is 1. The molecule has 0 saturated heterocycles. The summed E-state index contributed by atoms with van der Waals surface area (Å²) in [6, 6.07) is 7.06. The highest BCUT2D eigenvalue weighted by molar-refractivity contribution is 7.98. The Kier molecular flexibility index (Phi) is 3.68. The van der Waals surface area contributed by atoms with Crippen molar-refractivity contribution in [2.45, 2.75) is 30.4 Å². The molecule has 1 aromatic heterocycles. The lowest BCUT2D eigenvalue weighted by molar-refractivity contribution is 0.362. The summed E-state index contributed by atoms with van der Waals surface area (Å²) in [4.78, 5) is 5.36. The van der Waals surface area contributed by atoms with Gasteiger partial charge >= 0.3 is 0 Å². The first-order chi connectivity index (χ1) is 8.15. The third-order valence-corrected chi connectivity index (χ3v) is 3.19. The number of rotatable bonds is 4. The van der Waals surface area contributed by atoms with Gasteiger partial charge in [-0.25, -0.2) is 0 Å². The van der Waals surface area contributed by atoms with Crippen LogP contribution in [0.3, 0.4) is 0 Å². The zero-order valence-corrected chi connectivity index (χ0v) is 10.6. The average Bonchev–Trinajstić information content (AvgIpc) is 2.77. The Bertz CT molecular complexity index is 480. The molecule has 17 heavy (non-hydrogen) atoms. The maximum Gasteiger partial charge on any atom is 0.229 e. The molecule has 0 aliphatic heterocycles. The third-order valence-electron chi connectivity index (χ3n) is 2.18. The number of thioether (sulfide) groups is 1. The van der Waals surface area contributed by atoms with Crippen LogP contribution < -0.4 is 0 Å². The van der Waals surface area contributed by atoms with E-state index in [1.54, 1.807) is 23.9 Å². The highest BCUT2D eigenvalue weighted by Crippen LogP contribution is 2.24. The van der Waals surface area contributed by atoms with Crippen LogP contribution in [0.5, 0.6) is 5.75 Å². The van der Waals surface area contributed by atoms with E-state index in [-0.39, 0.29) is 11.7 Å². The van der Waals surface area contributed by atoms with Crippen LogP contribution in [0.25, 0.3) is 0 Å². The van der Waals surface area contributed by atoms with E-state index >= 15 is 0 Å². The normalized spacial score (nSPS) is 11.0. The van der Waals surface area contributed by atoms with Gasteiger partial charge in [-0.1, -0.05) is 19.0 Å². The second-order valence-corrected chi connectivity index (χ2v) is 5.03. The van der Waals surface area contributed by atoms with Crippen molar-refractivity contribution in [3.63, 3.8) is 0 Å². The molecule has 0 fully saturated rings. The fraction of sp³-hybridized carbons (Fsp3) is 0.333. The standard InChI is InChI=1S/C12H14N2O2S/c1-8(2)12-13-11(14-16-12)7-17-10-5-3-9(15)4-6-10/h3-6,8,15H,7H2,1-2H3. The summed E-state index contributed by atoms with van der Waals surface area (Å²) in [6.07, 6.45) is 0. The fourth-order valence-electron chi connectivity index (χ4n) is 1.25. The van der Waals surface area contributed by atoms with E-state index in [0.717, 1.165) is 4.90 Å². The Labute approximate surface area is 104 Å². The van der Waals surface area contributed by atoms with Crippen molar-refractivity contribution in [2.24, 2.45) is 0 Å². The third kappa shape index (κ3) is 3.23. The maximum absolute atomic E-state index is 9.16. The van der Waals surface area contributed by atoms with Gasteiger partial charge in [0.15, 0.2) is 5.82 Å². The fourth-order valence-corrected chi connectivity index (χ4v) is 1.99. The van der Waals surface area contributed by atoms with E-state index in [0.29, 0.717) is 17.5 Å². The van der Waals surface area contributed by atoms with E-state index in [1.165, 1.54) is 0 Å². The Hall–Kier alpha value is -1.49. The molecule has 0 aliphatic rings. The first-order valence-electron chi connectivity index (χ1n) is 5.39. The molecule has 1 heterocycles. The molecular formula is C12H14N2O2S. The molecule has 0 bridgehead atoms. The van der Waals surface area contributed by atoms with E-state index < -0.39 is 0 Å². The smallest absolute Gasteiger partial charge is 0.229 e. The van der Waals surface area contributed by atoms with E-state index in [1.807, 2.05) is 26.0 Å². The van der Waals surface area contributed by atoms with Crippen LogP contribution in [0.1, 0.15) is 31.5 Å². The number of phenolic OH excluding ortho intramolecular Hbond substituents is 1. The average molecular weight is 250 g/mol. The van der Waals surface area contributed by atoms with Gasteiger partial charge in [0.05, 0.1) is 5.75 Å². The summed E-state index contributed by atoms with van der Waals surface area (Å²) in [6.45, 7) is 4.04. The van der Waals surface area contributed by atoms with Gasteiger partial charge in [0.2, 0.25) is 5.89 Å². The first-order valence-corrected chi connectivity index (χ1v) is 6.38. The van der Waals surface area contributed by atoms with Gasteiger partial charge in [-0.2, -0.15) is 4.98 Å². The van der Waals surface area contributed by atoms with Crippen molar-refractivity contribution in [3.8, 4) is 5.75 Å². The van der Waals surface area contributed by atoms with Gasteiger partial charge in [0.25, 0.3) is 0 Å². The number of aromatic hydroxyl groups is 1. The zero-order chi connectivity index (χ0) is 12.3. The van der Waals surface area contributed by atoms with Crippen LogP contribution in [0.15, 0.2) is 33.7 Å². The van der Waals surface area contributed by atoms with Crippen molar-refractivity contribution in [3.05, 3.63) is 36.0 Å². The Morgan fingerprint density at radius 1 is 1.29 bits per heavy atom. The molecular weight excluding hydrogens is 236 g/mol. The lowest BCUT2D eigenvalue weighted by Crippen LogP contribution is -1.88. The Balaban J connectivity index is 1.95. The van der Waals surface area contributed by atoms with Crippen LogP contribution in [0, 0.1) is 0 Å². The lowest BCUT2D eigenvalue weighted by atomic mass is 10.2. The highest BCUT2D eigenvalue weighted by atomic mass is 32.2. The second-order valence-electron chi connectivity index (χ2n) is 3.99.